The fraction of sp³-hybridized carbons (Fsp3) is 0.133. The first kappa shape index (κ1) is 24.1. The summed E-state index contributed by atoms with van der Waals surface area (Å²) in [5.74, 6) is 6.74. The van der Waals surface area contributed by atoms with Gasteiger partial charge in [-0.2, -0.15) is 0 Å². The van der Waals surface area contributed by atoms with Gasteiger partial charge in [0.05, 0.1) is 21.1 Å². The number of nitro benzene ring substituents is 1. The summed E-state index contributed by atoms with van der Waals surface area (Å²) in [4.78, 5) is 12.1. The summed E-state index contributed by atoms with van der Waals surface area (Å²) in [6.45, 7) is 4.04. The largest absolute Gasteiger partial charge is 0.269 e. The minimum absolute atomic E-state index is 0.0479. The van der Waals surface area contributed by atoms with Crippen LogP contribution in [-0.4, -0.2) is 9.13 Å². The fourth-order valence-corrected chi connectivity index (χ4v) is 5.29. The number of rotatable bonds is 6. The summed E-state index contributed by atoms with van der Waals surface area (Å²) in [6, 6.07) is 31.7. The van der Waals surface area contributed by atoms with Gasteiger partial charge in [-0.15, -0.1) is 0 Å². The minimum Gasteiger partial charge on any atom is -0.258 e. The highest BCUT2D eigenvalue weighted by Gasteiger charge is 2.30. The molecule has 0 saturated carbocycles. The average Bonchev–Trinajstić information content (AvgIpc) is 2.88. The zero-order valence-corrected chi connectivity index (χ0v) is 20.4. The first-order valence-corrected chi connectivity index (χ1v) is 12.4. The Hall–Kier alpha value is -4.01. The third-order valence-corrected chi connectivity index (χ3v) is 7.33. The summed E-state index contributed by atoms with van der Waals surface area (Å²) in [5.41, 5.74) is 3.14. The quantitative estimate of drug-likeness (QED) is 0.177. The molecule has 0 heterocycles. The van der Waals surface area contributed by atoms with Gasteiger partial charge in [0.25, 0.3) is 5.69 Å². The Morgan fingerprint density at radius 1 is 0.857 bits per heavy atom. The van der Waals surface area contributed by atoms with Gasteiger partial charge in [0.15, 0.2) is 0 Å². The Kier molecular flexibility index (Phi) is 7.24. The van der Waals surface area contributed by atoms with E-state index in [1.54, 1.807) is 12.1 Å². The summed E-state index contributed by atoms with van der Waals surface area (Å²) >= 11 is 0. The minimum atomic E-state index is -1.39. The van der Waals surface area contributed by atoms with Crippen LogP contribution in [-0.2, 0) is 22.6 Å². The van der Waals surface area contributed by atoms with E-state index in [4.69, 9.17) is 0 Å². The zero-order chi connectivity index (χ0) is 24.8. The molecule has 4 nitrogen and oxygen atoms in total. The standard InChI is InChI=1S/C30H25NO3S/c1-23-12-18-27(19-13-23)35(34)29-11-7-6-10-28(29)30(2,21-20-24-8-4-3-5-9-24)22-25-14-16-26(17-15-25)31(32)33/h3-19H,22H2,1-2H3/t30-,35?/m1/s1. The smallest absolute Gasteiger partial charge is 0.258 e. The molecule has 4 aromatic rings. The van der Waals surface area contributed by atoms with Gasteiger partial charge in [0, 0.05) is 27.5 Å². The predicted octanol–water partition coefficient (Wildman–Crippen LogP) is 6.62. The highest BCUT2D eigenvalue weighted by atomic mass is 32.2. The highest BCUT2D eigenvalue weighted by molar-refractivity contribution is 7.85. The first-order chi connectivity index (χ1) is 16.9. The Labute approximate surface area is 208 Å². The molecule has 0 aliphatic rings. The van der Waals surface area contributed by atoms with Crippen LogP contribution in [0.1, 0.15) is 29.2 Å². The van der Waals surface area contributed by atoms with Gasteiger partial charge >= 0.3 is 0 Å². The van der Waals surface area contributed by atoms with Crippen molar-refractivity contribution in [3.63, 3.8) is 0 Å². The van der Waals surface area contributed by atoms with Crippen molar-refractivity contribution in [3.05, 3.63) is 135 Å². The van der Waals surface area contributed by atoms with Crippen molar-refractivity contribution in [2.45, 2.75) is 35.5 Å². The van der Waals surface area contributed by atoms with E-state index >= 15 is 0 Å². The molecular formula is C30H25NO3S. The van der Waals surface area contributed by atoms with Gasteiger partial charge < -0.3 is 0 Å². The first-order valence-electron chi connectivity index (χ1n) is 11.3. The van der Waals surface area contributed by atoms with Crippen LogP contribution in [0.2, 0.25) is 0 Å². The molecule has 0 amide bonds. The van der Waals surface area contributed by atoms with Gasteiger partial charge in [-0.3, -0.25) is 10.1 Å². The number of benzene rings is 4. The van der Waals surface area contributed by atoms with Gasteiger partial charge in [0.2, 0.25) is 0 Å². The Morgan fingerprint density at radius 3 is 2.14 bits per heavy atom. The summed E-state index contributed by atoms with van der Waals surface area (Å²) < 4.78 is 13.7. The van der Waals surface area contributed by atoms with E-state index in [2.05, 4.69) is 11.8 Å². The number of hydrogen-bond donors (Lipinski definition) is 0. The maximum atomic E-state index is 13.7. The summed E-state index contributed by atoms with van der Waals surface area (Å²) in [6.07, 6.45) is 0.507. The number of nitro groups is 1. The second kappa shape index (κ2) is 10.5. The topological polar surface area (TPSA) is 60.2 Å². The lowest BCUT2D eigenvalue weighted by Gasteiger charge is -2.27. The van der Waals surface area contributed by atoms with Crippen LogP contribution < -0.4 is 0 Å². The lowest BCUT2D eigenvalue weighted by atomic mass is 9.77. The molecule has 0 bridgehead atoms. The van der Waals surface area contributed by atoms with Crippen molar-refractivity contribution in [2.24, 2.45) is 0 Å². The van der Waals surface area contributed by atoms with Crippen LogP contribution in [0.4, 0.5) is 5.69 Å². The molecule has 0 aliphatic carbocycles. The maximum Gasteiger partial charge on any atom is 0.269 e. The van der Waals surface area contributed by atoms with Crippen molar-refractivity contribution in [3.8, 4) is 11.8 Å². The van der Waals surface area contributed by atoms with Crippen molar-refractivity contribution in [2.75, 3.05) is 0 Å². The normalized spacial score (nSPS) is 13.2. The number of non-ortho nitro benzene ring substituents is 1. The molecule has 35 heavy (non-hydrogen) atoms. The number of nitrogens with zero attached hydrogens (tertiary/aromatic N) is 1. The average molecular weight is 480 g/mol. The van der Waals surface area contributed by atoms with Gasteiger partial charge in [0.1, 0.15) is 0 Å². The van der Waals surface area contributed by atoms with Crippen LogP contribution in [0.25, 0.3) is 0 Å². The summed E-state index contributed by atoms with van der Waals surface area (Å²) in [7, 11) is -1.39. The monoisotopic (exact) mass is 479 g/mol. The van der Waals surface area contributed by atoms with Crippen molar-refractivity contribution >= 4 is 16.5 Å². The molecule has 5 heteroatoms. The molecule has 1 unspecified atom stereocenters. The molecule has 4 rings (SSSR count). The molecule has 0 N–H and O–H groups in total. The summed E-state index contributed by atoms with van der Waals surface area (Å²) in [5, 5.41) is 11.1. The molecule has 0 fully saturated rings. The van der Waals surface area contributed by atoms with E-state index in [0.717, 1.165) is 27.1 Å². The van der Waals surface area contributed by atoms with E-state index < -0.39 is 21.1 Å². The van der Waals surface area contributed by atoms with Crippen molar-refractivity contribution in [1.29, 1.82) is 0 Å². The lowest BCUT2D eigenvalue weighted by molar-refractivity contribution is -0.384. The van der Waals surface area contributed by atoms with E-state index in [1.165, 1.54) is 12.1 Å². The molecule has 0 aromatic heterocycles. The molecule has 174 valence electrons. The third kappa shape index (κ3) is 5.74. The lowest BCUT2D eigenvalue weighted by Crippen LogP contribution is -2.25. The van der Waals surface area contributed by atoms with Crippen molar-refractivity contribution < 1.29 is 9.13 Å². The molecule has 0 spiro atoms. The Bertz CT molecular complexity index is 1420. The molecular weight excluding hydrogens is 454 g/mol. The van der Waals surface area contributed by atoms with Crippen LogP contribution in [0.3, 0.4) is 0 Å². The zero-order valence-electron chi connectivity index (χ0n) is 19.6. The maximum absolute atomic E-state index is 13.7. The Morgan fingerprint density at radius 2 is 1.49 bits per heavy atom. The second-order valence-electron chi connectivity index (χ2n) is 8.63. The van der Waals surface area contributed by atoms with Gasteiger partial charge in [-0.05, 0) is 61.7 Å². The van der Waals surface area contributed by atoms with Crippen LogP contribution in [0.5, 0.6) is 0 Å². The highest BCUT2D eigenvalue weighted by Crippen LogP contribution is 2.34. The van der Waals surface area contributed by atoms with E-state index in [-0.39, 0.29) is 5.69 Å². The van der Waals surface area contributed by atoms with E-state index in [0.29, 0.717) is 11.3 Å². The third-order valence-electron chi connectivity index (χ3n) is 5.88. The molecule has 0 aliphatic heterocycles. The fourth-order valence-electron chi connectivity index (χ4n) is 3.96. The Balaban J connectivity index is 1.81. The van der Waals surface area contributed by atoms with Gasteiger partial charge in [-0.25, -0.2) is 4.21 Å². The SMILES string of the molecule is Cc1ccc(S(=O)c2ccccc2[C@](C)(C#Cc2ccccc2)Cc2ccc([N+](=O)[O-])cc2)cc1. The van der Waals surface area contributed by atoms with Crippen LogP contribution in [0, 0.1) is 28.9 Å². The number of hydrogen-bond acceptors (Lipinski definition) is 3. The molecule has 0 radical (unpaired) electrons. The van der Waals surface area contributed by atoms with E-state index in [9.17, 15) is 14.3 Å². The van der Waals surface area contributed by atoms with Crippen LogP contribution in [0.15, 0.2) is 113 Å². The molecule has 0 saturated heterocycles. The second-order valence-corrected chi connectivity index (χ2v) is 10.1. The van der Waals surface area contributed by atoms with Crippen molar-refractivity contribution in [1.82, 2.24) is 0 Å². The molecule has 2 atom stereocenters. The van der Waals surface area contributed by atoms with Gasteiger partial charge in [-0.1, -0.05) is 78.1 Å². The van der Waals surface area contributed by atoms with E-state index in [1.807, 2.05) is 92.7 Å². The molecule has 4 aromatic carbocycles. The number of aryl methyl sites for hydroxylation is 1. The van der Waals surface area contributed by atoms with Crippen LogP contribution >= 0.6 is 0 Å². The predicted molar refractivity (Wildman–Crippen MR) is 140 cm³/mol.